The molecule has 0 amide bonds. The van der Waals surface area contributed by atoms with Crippen LogP contribution in [0, 0.1) is 0 Å². The van der Waals surface area contributed by atoms with Crippen molar-refractivity contribution in [1.29, 1.82) is 0 Å². The zero-order valence-corrected chi connectivity index (χ0v) is 19.3. The predicted molar refractivity (Wildman–Crippen MR) is 127 cm³/mol. The van der Waals surface area contributed by atoms with Crippen LogP contribution in [-0.4, -0.2) is 58.0 Å². The van der Waals surface area contributed by atoms with Gasteiger partial charge in [0.15, 0.2) is 11.5 Å². The van der Waals surface area contributed by atoms with Crippen LogP contribution in [0.25, 0.3) is 0 Å². The van der Waals surface area contributed by atoms with Crippen LogP contribution >= 0.6 is 0 Å². The van der Waals surface area contributed by atoms with Gasteiger partial charge in [0.2, 0.25) is 0 Å². The van der Waals surface area contributed by atoms with Gasteiger partial charge in [-0.3, -0.25) is 9.69 Å². The van der Waals surface area contributed by atoms with Gasteiger partial charge in [0.25, 0.3) is 0 Å². The van der Waals surface area contributed by atoms with Crippen molar-refractivity contribution in [1.82, 2.24) is 4.90 Å². The fourth-order valence-electron chi connectivity index (χ4n) is 7.21. The van der Waals surface area contributed by atoms with E-state index in [4.69, 9.17) is 9.47 Å². The highest BCUT2D eigenvalue weighted by molar-refractivity contribution is 5.70. The Morgan fingerprint density at radius 2 is 2.06 bits per heavy atom. The smallest absolute Gasteiger partial charge is 0.306 e. The first-order chi connectivity index (χ1) is 16.5. The normalized spacial score (nSPS) is 33.0. The summed E-state index contributed by atoms with van der Waals surface area (Å²) in [6, 6.07) is 13.5. The molecule has 6 heteroatoms. The first kappa shape index (κ1) is 21.7. The van der Waals surface area contributed by atoms with E-state index < -0.39 is 23.2 Å². The molecule has 2 aliphatic heterocycles. The van der Waals surface area contributed by atoms with Crippen LogP contribution in [0.2, 0.25) is 0 Å². The highest BCUT2D eigenvalue weighted by atomic mass is 16.6. The van der Waals surface area contributed by atoms with Crippen molar-refractivity contribution in [3.05, 3.63) is 71.8 Å². The summed E-state index contributed by atoms with van der Waals surface area (Å²) in [5.41, 5.74) is 1.42. The standard InChI is InChI=1S/C28H31NO5/c1-2-15-29-16-14-27-24-19-9-10-20(30)25(24)34-26(27)21(12-13-28(27,32)22(29)17-19)33-23(31)11-8-18-6-4-3-5-7-18/h2-7,9-10,21-22,26,30,32H,1,8,11-17H2/t21-,22-,26+,27+,28-/m1/s1. The summed E-state index contributed by atoms with van der Waals surface area (Å²) in [7, 11) is 0. The molecule has 1 spiro atoms. The second kappa shape index (κ2) is 7.85. The molecule has 1 saturated carbocycles. The number of esters is 1. The number of phenolic OH excluding ortho intramolecular Hbond substituents is 1. The van der Waals surface area contributed by atoms with Gasteiger partial charge in [0.1, 0.15) is 12.2 Å². The number of rotatable bonds is 6. The molecule has 2 aromatic carbocycles. The number of benzene rings is 2. The second-order valence-electron chi connectivity index (χ2n) is 10.2. The van der Waals surface area contributed by atoms with Crippen LogP contribution in [0.1, 0.15) is 42.4 Å². The van der Waals surface area contributed by atoms with E-state index in [-0.39, 0.29) is 17.8 Å². The average Bonchev–Trinajstić information content (AvgIpc) is 3.19. The molecule has 178 valence electrons. The quantitative estimate of drug-likeness (QED) is 0.508. The van der Waals surface area contributed by atoms with Crippen molar-refractivity contribution in [3.63, 3.8) is 0 Å². The molecule has 0 aromatic heterocycles. The van der Waals surface area contributed by atoms with E-state index in [1.54, 1.807) is 6.07 Å². The molecular formula is C28H31NO5. The number of phenols is 1. The maximum Gasteiger partial charge on any atom is 0.306 e. The molecule has 2 heterocycles. The Hall–Kier alpha value is -2.83. The Bertz CT molecular complexity index is 1130. The SMILES string of the molecule is C=CCN1CC[C@]23c4c5ccc(O)c4O[C@H]2[C@H](OC(=O)CCc2ccccc2)CC[C@@]3(O)[C@H]1C5. The van der Waals surface area contributed by atoms with Gasteiger partial charge >= 0.3 is 5.97 Å². The molecule has 2 aliphatic carbocycles. The number of carbonyl (C=O) groups is 1. The van der Waals surface area contributed by atoms with Crippen LogP contribution in [0.5, 0.6) is 11.5 Å². The minimum Gasteiger partial charge on any atom is -0.504 e. The first-order valence-electron chi connectivity index (χ1n) is 12.3. The van der Waals surface area contributed by atoms with E-state index in [0.29, 0.717) is 50.8 Å². The molecule has 6 nitrogen and oxygen atoms in total. The highest BCUT2D eigenvalue weighted by Gasteiger charge is 2.73. The third-order valence-electron chi connectivity index (χ3n) is 8.63. The molecule has 0 radical (unpaired) electrons. The number of carbonyl (C=O) groups excluding carboxylic acids is 1. The van der Waals surface area contributed by atoms with Crippen molar-refractivity contribution < 1.29 is 24.5 Å². The lowest BCUT2D eigenvalue weighted by Crippen LogP contribution is -2.77. The number of nitrogens with zero attached hydrogens (tertiary/aromatic N) is 1. The summed E-state index contributed by atoms with van der Waals surface area (Å²) in [6.45, 7) is 5.42. The molecule has 34 heavy (non-hydrogen) atoms. The molecule has 6 rings (SSSR count). The minimum atomic E-state index is -1.02. The van der Waals surface area contributed by atoms with E-state index in [0.717, 1.165) is 23.2 Å². The Kier molecular flexibility index (Phi) is 5.01. The van der Waals surface area contributed by atoms with Crippen LogP contribution in [0.4, 0.5) is 0 Å². The number of piperidine rings is 1. The lowest BCUT2D eigenvalue weighted by Gasteiger charge is -2.63. The van der Waals surface area contributed by atoms with Crippen LogP contribution in [0.15, 0.2) is 55.1 Å². The summed E-state index contributed by atoms with van der Waals surface area (Å²) in [5.74, 6) is 0.297. The summed E-state index contributed by atoms with van der Waals surface area (Å²) < 4.78 is 12.4. The maximum absolute atomic E-state index is 12.9. The van der Waals surface area contributed by atoms with Gasteiger partial charge in [0.05, 0.1) is 11.0 Å². The Labute approximate surface area is 199 Å². The molecule has 2 fully saturated rings. The van der Waals surface area contributed by atoms with E-state index >= 15 is 0 Å². The first-order valence-corrected chi connectivity index (χ1v) is 12.3. The van der Waals surface area contributed by atoms with Gasteiger partial charge in [-0.1, -0.05) is 42.5 Å². The van der Waals surface area contributed by atoms with E-state index in [9.17, 15) is 15.0 Å². The number of aromatic hydroxyl groups is 1. The van der Waals surface area contributed by atoms with Gasteiger partial charge < -0.3 is 19.7 Å². The predicted octanol–water partition coefficient (Wildman–Crippen LogP) is 3.28. The lowest BCUT2D eigenvalue weighted by molar-refractivity contribution is -0.214. The van der Waals surface area contributed by atoms with Crippen LogP contribution in [-0.2, 0) is 27.8 Å². The van der Waals surface area contributed by atoms with Crippen molar-refractivity contribution in [2.45, 2.75) is 67.8 Å². The van der Waals surface area contributed by atoms with E-state index in [1.165, 1.54) is 0 Å². The maximum atomic E-state index is 12.9. The molecule has 4 aliphatic rings. The topological polar surface area (TPSA) is 79.2 Å². The number of hydrogen-bond donors (Lipinski definition) is 2. The summed E-state index contributed by atoms with van der Waals surface area (Å²) in [4.78, 5) is 15.2. The van der Waals surface area contributed by atoms with Gasteiger partial charge in [-0.15, -0.1) is 6.58 Å². The van der Waals surface area contributed by atoms with E-state index in [1.807, 2.05) is 42.5 Å². The van der Waals surface area contributed by atoms with Crippen LogP contribution < -0.4 is 4.74 Å². The number of likely N-dealkylation sites (tertiary alicyclic amines) is 1. The summed E-state index contributed by atoms with van der Waals surface area (Å²) in [6.07, 6.45) is 4.27. The highest BCUT2D eigenvalue weighted by Crippen LogP contribution is 2.65. The Morgan fingerprint density at radius 3 is 2.85 bits per heavy atom. The van der Waals surface area contributed by atoms with Gasteiger partial charge in [-0.25, -0.2) is 0 Å². The second-order valence-corrected chi connectivity index (χ2v) is 10.2. The molecule has 2 N–H and O–H groups in total. The van der Waals surface area contributed by atoms with Gasteiger partial charge in [-0.05, 0) is 55.8 Å². The molecule has 2 aromatic rings. The van der Waals surface area contributed by atoms with Crippen molar-refractivity contribution in [2.75, 3.05) is 13.1 Å². The fourth-order valence-corrected chi connectivity index (χ4v) is 7.21. The lowest BCUT2D eigenvalue weighted by atomic mass is 9.48. The zero-order chi connectivity index (χ0) is 23.5. The van der Waals surface area contributed by atoms with Crippen molar-refractivity contribution in [3.8, 4) is 11.5 Å². The van der Waals surface area contributed by atoms with Gasteiger partial charge in [-0.2, -0.15) is 0 Å². The number of aliphatic hydroxyl groups is 1. The van der Waals surface area contributed by atoms with E-state index in [2.05, 4.69) is 11.5 Å². The molecule has 5 atom stereocenters. The largest absolute Gasteiger partial charge is 0.504 e. The average molecular weight is 462 g/mol. The fraction of sp³-hybridized carbons (Fsp3) is 0.464. The molecule has 0 unspecified atom stereocenters. The molecular weight excluding hydrogens is 430 g/mol. The Balaban J connectivity index is 1.33. The number of ether oxygens (including phenoxy) is 2. The third kappa shape index (κ3) is 2.91. The Morgan fingerprint density at radius 1 is 1.24 bits per heavy atom. The third-order valence-corrected chi connectivity index (χ3v) is 8.63. The van der Waals surface area contributed by atoms with Crippen LogP contribution in [0.3, 0.4) is 0 Å². The number of aryl methyl sites for hydroxylation is 1. The molecule has 1 saturated heterocycles. The van der Waals surface area contributed by atoms with Gasteiger partial charge in [0, 0.05) is 24.6 Å². The minimum absolute atomic E-state index is 0.0666. The number of hydrogen-bond acceptors (Lipinski definition) is 6. The monoisotopic (exact) mass is 461 g/mol. The van der Waals surface area contributed by atoms with Crippen molar-refractivity contribution >= 4 is 5.97 Å². The molecule has 2 bridgehead atoms. The summed E-state index contributed by atoms with van der Waals surface area (Å²) in [5, 5.41) is 23.0. The zero-order valence-electron chi connectivity index (χ0n) is 19.3. The summed E-state index contributed by atoms with van der Waals surface area (Å²) >= 11 is 0. The van der Waals surface area contributed by atoms with Crippen molar-refractivity contribution in [2.24, 2.45) is 0 Å².